The first kappa shape index (κ1) is 15.4. The van der Waals surface area contributed by atoms with Crippen LogP contribution in [0.25, 0.3) is 0 Å². The van der Waals surface area contributed by atoms with Crippen molar-refractivity contribution in [1.82, 2.24) is 14.8 Å². The molecule has 0 saturated heterocycles. The average Bonchev–Trinajstić information content (AvgIpc) is 3.13. The lowest BCUT2D eigenvalue weighted by Crippen LogP contribution is -2.13. The fraction of sp³-hybridized carbons (Fsp3) is 0.0588. The number of hydrogen-bond donors (Lipinski definition) is 2. The molecule has 0 radical (unpaired) electrons. The van der Waals surface area contributed by atoms with Gasteiger partial charge in [0.05, 0.1) is 12.4 Å². The average molecular weight is 321 g/mol. The third-order valence-corrected chi connectivity index (χ3v) is 3.62. The molecule has 7 nitrogen and oxygen atoms in total. The van der Waals surface area contributed by atoms with Gasteiger partial charge in [0.15, 0.2) is 0 Å². The highest BCUT2D eigenvalue weighted by Crippen LogP contribution is 2.26. The Bertz CT molecular complexity index is 769. The molecule has 7 heteroatoms. The molecule has 0 saturated carbocycles. The molecule has 3 rings (SSSR count). The molecule has 0 amide bonds. The highest BCUT2D eigenvalue weighted by molar-refractivity contribution is 5.79. The molecule has 0 unspecified atom stereocenters. The van der Waals surface area contributed by atoms with Gasteiger partial charge in [0.25, 0.3) is 0 Å². The van der Waals surface area contributed by atoms with Gasteiger partial charge in [0, 0.05) is 0 Å². The van der Waals surface area contributed by atoms with Gasteiger partial charge < -0.3 is 10.4 Å². The van der Waals surface area contributed by atoms with E-state index in [0.29, 0.717) is 0 Å². The normalized spacial score (nSPS) is 11.7. The van der Waals surface area contributed by atoms with Crippen molar-refractivity contribution in [3.8, 4) is 0 Å². The summed E-state index contributed by atoms with van der Waals surface area (Å²) < 4.78 is 1.77. The van der Waals surface area contributed by atoms with E-state index in [1.165, 1.54) is 18.8 Å². The monoisotopic (exact) mass is 321 g/mol. The van der Waals surface area contributed by atoms with Crippen molar-refractivity contribution in [2.75, 3.05) is 0 Å². The molecular weight excluding hydrogens is 306 g/mol. The Morgan fingerprint density at radius 2 is 1.33 bits per heavy atom. The maximum Gasteiger partial charge on any atom is 0.137 e. The van der Waals surface area contributed by atoms with Gasteiger partial charge in [-0.25, -0.2) is 9.67 Å². The van der Waals surface area contributed by atoms with E-state index in [2.05, 4.69) is 20.4 Å². The minimum absolute atomic E-state index is 0.146. The molecular formula is C17H15N5O2. The van der Waals surface area contributed by atoms with Crippen molar-refractivity contribution in [2.24, 2.45) is 10.3 Å². The van der Waals surface area contributed by atoms with Crippen molar-refractivity contribution < 1.29 is 10.4 Å². The fourth-order valence-electron chi connectivity index (χ4n) is 2.51. The highest BCUT2D eigenvalue weighted by atomic mass is 16.4. The lowest BCUT2D eigenvalue weighted by Gasteiger charge is -2.18. The summed E-state index contributed by atoms with van der Waals surface area (Å²) in [4.78, 5) is 4.03. The Morgan fingerprint density at radius 1 is 0.833 bits per heavy atom. The predicted molar refractivity (Wildman–Crippen MR) is 88.9 cm³/mol. The second kappa shape index (κ2) is 7.19. The number of aromatic nitrogens is 3. The van der Waals surface area contributed by atoms with Gasteiger partial charge in [-0.15, -0.1) is 0 Å². The Morgan fingerprint density at radius 3 is 1.71 bits per heavy atom. The van der Waals surface area contributed by atoms with Crippen LogP contribution in [-0.4, -0.2) is 37.6 Å². The first-order valence-electron chi connectivity index (χ1n) is 7.20. The number of oxime groups is 2. The van der Waals surface area contributed by atoms with Crippen molar-refractivity contribution >= 4 is 12.4 Å². The van der Waals surface area contributed by atoms with E-state index < -0.39 is 0 Å². The van der Waals surface area contributed by atoms with Crippen LogP contribution in [0.5, 0.6) is 0 Å². The summed E-state index contributed by atoms with van der Waals surface area (Å²) in [5.74, 6) is 0. The van der Waals surface area contributed by atoms with Crippen molar-refractivity contribution in [1.29, 1.82) is 0 Å². The van der Waals surface area contributed by atoms with E-state index in [9.17, 15) is 0 Å². The third kappa shape index (κ3) is 3.30. The van der Waals surface area contributed by atoms with Gasteiger partial charge in [-0.3, -0.25) is 0 Å². The molecule has 0 bridgehead atoms. The molecule has 1 heterocycles. The van der Waals surface area contributed by atoms with Crippen molar-refractivity contribution in [3.63, 3.8) is 0 Å². The van der Waals surface area contributed by atoms with Gasteiger partial charge in [-0.2, -0.15) is 5.10 Å². The Labute approximate surface area is 138 Å². The summed E-state index contributed by atoms with van der Waals surface area (Å²) in [6.45, 7) is 0. The molecule has 0 aliphatic rings. The van der Waals surface area contributed by atoms with Gasteiger partial charge in [-0.05, 0) is 22.3 Å². The second-order valence-corrected chi connectivity index (χ2v) is 5.10. The predicted octanol–water partition coefficient (Wildman–Crippen LogP) is 2.53. The van der Waals surface area contributed by atoms with Gasteiger partial charge >= 0.3 is 0 Å². The smallest absolute Gasteiger partial charge is 0.137 e. The standard InChI is InChI=1S/C17H15N5O2/c23-20-9-13-1-5-15(6-2-13)17(22-12-18-11-19-22)16-7-3-14(4-8-16)10-21-24/h1-12,17,23-24H/b20-9+,21-10+. The zero-order valence-corrected chi connectivity index (χ0v) is 12.6. The van der Waals surface area contributed by atoms with E-state index in [-0.39, 0.29) is 6.04 Å². The van der Waals surface area contributed by atoms with E-state index in [1.807, 2.05) is 48.5 Å². The number of nitrogens with zero attached hydrogens (tertiary/aromatic N) is 5. The zero-order valence-electron chi connectivity index (χ0n) is 12.6. The van der Waals surface area contributed by atoms with Crippen LogP contribution in [-0.2, 0) is 0 Å². The summed E-state index contributed by atoms with van der Waals surface area (Å²) in [7, 11) is 0. The largest absolute Gasteiger partial charge is 0.411 e. The molecule has 0 aliphatic heterocycles. The third-order valence-electron chi connectivity index (χ3n) is 3.62. The van der Waals surface area contributed by atoms with Gasteiger partial charge in [0.1, 0.15) is 18.7 Å². The maximum atomic E-state index is 8.61. The molecule has 2 N–H and O–H groups in total. The second-order valence-electron chi connectivity index (χ2n) is 5.10. The summed E-state index contributed by atoms with van der Waals surface area (Å²) >= 11 is 0. The lowest BCUT2D eigenvalue weighted by atomic mass is 9.97. The van der Waals surface area contributed by atoms with E-state index in [0.717, 1.165) is 22.3 Å². The van der Waals surface area contributed by atoms with Crippen LogP contribution in [0.2, 0.25) is 0 Å². The van der Waals surface area contributed by atoms with Crippen LogP contribution in [0.1, 0.15) is 28.3 Å². The SMILES string of the molecule is O/N=C/c1ccc(C(c2ccc(/C=N/O)cc2)n2cncn2)cc1. The van der Waals surface area contributed by atoms with Crippen LogP contribution in [0.4, 0.5) is 0 Å². The van der Waals surface area contributed by atoms with Gasteiger partial charge in [-0.1, -0.05) is 58.8 Å². The lowest BCUT2D eigenvalue weighted by molar-refractivity contribution is 0.321. The zero-order chi connectivity index (χ0) is 16.8. The minimum atomic E-state index is -0.146. The van der Waals surface area contributed by atoms with E-state index in [4.69, 9.17) is 10.4 Å². The summed E-state index contributed by atoms with van der Waals surface area (Å²) in [5, 5.41) is 27.5. The molecule has 1 aromatic heterocycles. The van der Waals surface area contributed by atoms with Crippen LogP contribution in [0, 0.1) is 0 Å². The Hall–Kier alpha value is -3.48. The molecule has 120 valence electrons. The molecule has 2 aromatic carbocycles. The quantitative estimate of drug-likeness (QED) is 0.429. The number of rotatable bonds is 5. The van der Waals surface area contributed by atoms with Gasteiger partial charge in [0.2, 0.25) is 0 Å². The number of hydrogen-bond acceptors (Lipinski definition) is 6. The van der Waals surface area contributed by atoms with E-state index in [1.54, 1.807) is 11.0 Å². The molecule has 0 aliphatic carbocycles. The molecule has 24 heavy (non-hydrogen) atoms. The van der Waals surface area contributed by atoms with Crippen LogP contribution in [0.3, 0.4) is 0 Å². The van der Waals surface area contributed by atoms with Crippen LogP contribution in [0.15, 0.2) is 71.5 Å². The first-order valence-corrected chi connectivity index (χ1v) is 7.20. The molecule has 0 spiro atoms. The first-order chi connectivity index (χ1) is 11.8. The van der Waals surface area contributed by atoms with Crippen molar-refractivity contribution in [2.45, 2.75) is 6.04 Å². The molecule has 0 atom stereocenters. The van der Waals surface area contributed by atoms with Crippen molar-refractivity contribution in [3.05, 3.63) is 83.4 Å². The maximum absolute atomic E-state index is 8.61. The summed E-state index contributed by atoms with van der Waals surface area (Å²) in [5.41, 5.74) is 3.62. The minimum Gasteiger partial charge on any atom is -0.411 e. The number of benzene rings is 2. The topological polar surface area (TPSA) is 95.9 Å². The Balaban J connectivity index is 2.00. The highest BCUT2D eigenvalue weighted by Gasteiger charge is 2.17. The summed E-state index contributed by atoms with van der Waals surface area (Å²) in [6, 6.07) is 15.1. The molecule has 0 fully saturated rings. The van der Waals surface area contributed by atoms with Crippen LogP contribution >= 0.6 is 0 Å². The summed E-state index contributed by atoms with van der Waals surface area (Å²) in [6.07, 6.45) is 5.90. The van der Waals surface area contributed by atoms with E-state index >= 15 is 0 Å². The fourth-order valence-corrected chi connectivity index (χ4v) is 2.51. The molecule has 3 aromatic rings. The Kier molecular flexibility index (Phi) is 4.62. The van der Waals surface area contributed by atoms with Crippen LogP contribution < -0.4 is 0 Å².